The molecule has 1 aliphatic rings. The van der Waals surface area contributed by atoms with Crippen LogP contribution in [0.5, 0.6) is 0 Å². The van der Waals surface area contributed by atoms with Crippen molar-refractivity contribution in [1.82, 2.24) is 10.6 Å². The van der Waals surface area contributed by atoms with Crippen LogP contribution in [0, 0.1) is 12.3 Å². The van der Waals surface area contributed by atoms with E-state index in [0.29, 0.717) is 12.5 Å². The van der Waals surface area contributed by atoms with Crippen LogP contribution in [0.4, 0.5) is 0 Å². The second-order valence-electron chi connectivity index (χ2n) is 4.38. The van der Waals surface area contributed by atoms with Gasteiger partial charge in [-0.15, -0.1) is 30.4 Å². The number of rotatable bonds is 4. The van der Waals surface area contributed by atoms with Crippen LogP contribution in [0.15, 0.2) is 29.3 Å². The Morgan fingerprint density at radius 2 is 2.21 bits per heavy atom. The van der Waals surface area contributed by atoms with Gasteiger partial charge in [-0.3, -0.25) is 4.99 Å². The maximum Gasteiger partial charge on any atom is 0.192 e. The highest BCUT2D eigenvalue weighted by Crippen LogP contribution is 2.34. The second-order valence-corrected chi connectivity index (χ2v) is 4.38. The lowest BCUT2D eigenvalue weighted by Gasteiger charge is -2.28. The van der Waals surface area contributed by atoms with E-state index in [1.54, 1.807) is 0 Å². The van der Waals surface area contributed by atoms with E-state index in [-0.39, 0.29) is 24.0 Å². The van der Waals surface area contributed by atoms with Gasteiger partial charge in [0.25, 0.3) is 0 Å². The van der Waals surface area contributed by atoms with Gasteiger partial charge in [0.05, 0.1) is 6.54 Å². The Kier molecular flexibility index (Phi) is 6.71. The van der Waals surface area contributed by atoms with Gasteiger partial charge in [-0.05, 0) is 24.5 Å². The Hall–Kier alpha value is -1.22. The molecular formula is C15H20IN3. The maximum absolute atomic E-state index is 5.23. The van der Waals surface area contributed by atoms with Crippen molar-refractivity contribution in [3.05, 3.63) is 35.4 Å². The van der Waals surface area contributed by atoms with Gasteiger partial charge >= 0.3 is 0 Å². The Labute approximate surface area is 132 Å². The normalized spacial score (nSPS) is 16.4. The largest absolute Gasteiger partial charge is 0.357 e. The summed E-state index contributed by atoms with van der Waals surface area (Å²) in [4.78, 5) is 4.57. The molecule has 2 N–H and O–H groups in total. The summed E-state index contributed by atoms with van der Waals surface area (Å²) in [7, 11) is 0. The highest BCUT2D eigenvalue weighted by atomic mass is 127. The zero-order valence-electron chi connectivity index (χ0n) is 11.1. The van der Waals surface area contributed by atoms with Gasteiger partial charge in [-0.25, -0.2) is 0 Å². The first-order valence-corrected chi connectivity index (χ1v) is 6.38. The average Bonchev–Trinajstić information content (AvgIpc) is 2.37. The number of hydrogen-bond acceptors (Lipinski definition) is 1. The summed E-state index contributed by atoms with van der Waals surface area (Å²) < 4.78 is 0. The molecule has 0 radical (unpaired) electrons. The molecule has 0 saturated heterocycles. The monoisotopic (exact) mass is 369 g/mol. The highest BCUT2D eigenvalue weighted by Gasteiger charge is 2.24. The molecule has 1 aliphatic carbocycles. The minimum atomic E-state index is 0. The predicted molar refractivity (Wildman–Crippen MR) is 91.1 cm³/mol. The zero-order valence-corrected chi connectivity index (χ0v) is 13.5. The van der Waals surface area contributed by atoms with Gasteiger partial charge < -0.3 is 10.6 Å². The molecule has 102 valence electrons. The topological polar surface area (TPSA) is 36.4 Å². The van der Waals surface area contributed by atoms with Crippen molar-refractivity contribution >= 4 is 29.9 Å². The first-order valence-electron chi connectivity index (χ1n) is 6.38. The van der Waals surface area contributed by atoms with Gasteiger partial charge in [0, 0.05) is 19.0 Å². The van der Waals surface area contributed by atoms with Gasteiger partial charge in [0.2, 0.25) is 0 Å². The molecule has 0 aliphatic heterocycles. The van der Waals surface area contributed by atoms with Gasteiger partial charge in [-0.1, -0.05) is 30.2 Å². The molecule has 0 fully saturated rings. The summed E-state index contributed by atoms with van der Waals surface area (Å²) in [5, 5.41) is 6.29. The summed E-state index contributed by atoms with van der Waals surface area (Å²) >= 11 is 0. The van der Waals surface area contributed by atoms with E-state index in [1.165, 1.54) is 11.1 Å². The molecular weight excluding hydrogens is 349 g/mol. The van der Waals surface area contributed by atoms with E-state index in [0.717, 1.165) is 25.5 Å². The zero-order chi connectivity index (χ0) is 12.8. The lowest BCUT2D eigenvalue weighted by molar-refractivity contribution is 0.615. The van der Waals surface area contributed by atoms with Crippen molar-refractivity contribution in [1.29, 1.82) is 0 Å². The van der Waals surface area contributed by atoms with Crippen molar-refractivity contribution in [2.75, 3.05) is 19.6 Å². The fourth-order valence-corrected chi connectivity index (χ4v) is 2.20. The average molecular weight is 369 g/mol. The van der Waals surface area contributed by atoms with Crippen LogP contribution in [0.25, 0.3) is 0 Å². The molecule has 0 bridgehead atoms. The predicted octanol–water partition coefficient (Wildman–Crippen LogP) is 2.13. The van der Waals surface area contributed by atoms with Crippen LogP contribution in [0.2, 0.25) is 0 Å². The number of nitrogens with one attached hydrogen (secondary N) is 2. The number of fused-ring (bicyclic) bond motifs is 1. The molecule has 1 aromatic rings. The molecule has 1 atom stereocenters. The van der Waals surface area contributed by atoms with E-state index in [4.69, 9.17) is 6.42 Å². The number of benzene rings is 1. The van der Waals surface area contributed by atoms with E-state index >= 15 is 0 Å². The highest BCUT2D eigenvalue weighted by molar-refractivity contribution is 14.0. The summed E-state index contributed by atoms with van der Waals surface area (Å²) in [5.74, 6) is 3.92. The molecule has 0 spiro atoms. The number of halogens is 1. The molecule has 1 unspecified atom stereocenters. The van der Waals surface area contributed by atoms with Crippen LogP contribution < -0.4 is 10.6 Å². The van der Waals surface area contributed by atoms with Gasteiger partial charge in [-0.2, -0.15) is 0 Å². The minimum absolute atomic E-state index is 0. The van der Waals surface area contributed by atoms with E-state index in [1.807, 2.05) is 6.92 Å². The first-order chi connectivity index (χ1) is 8.85. The van der Waals surface area contributed by atoms with Crippen LogP contribution >= 0.6 is 24.0 Å². The van der Waals surface area contributed by atoms with Crippen molar-refractivity contribution in [2.45, 2.75) is 19.3 Å². The SMILES string of the molecule is C#CCNC(=NCC1Cc2ccccc21)NCC.I. The number of guanidine groups is 1. The summed E-state index contributed by atoms with van der Waals surface area (Å²) in [6, 6.07) is 8.57. The molecule has 2 rings (SSSR count). The van der Waals surface area contributed by atoms with Crippen LogP contribution in [-0.2, 0) is 6.42 Å². The standard InChI is InChI=1S/C15H19N3.HI/c1-3-9-17-15(16-4-2)18-11-13-10-12-7-5-6-8-14(12)13;/h1,5-8,13H,4,9-11H2,2H3,(H2,16,17,18);1H. The first kappa shape index (κ1) is 15.8. The number of hydrogen-bond donors (Lipinski definition) is 2. The molecule has 3 nitrogen and oxygen atoms in total. The smallest absolute Gasteiger partial charge is 0.192 e. The fourth-order valence-electron chi connectivity index (χ4n) is 2.20. The van der Waals surface area contributed by atoms with Crippen molar-refractivity contribution in [3.8, 4) is 12.3 Å². The van der Waals surface area contributed by atoms with E-state index in [2.05, 4.69) is 45.8 Å². The molecule has 0 aromatic heterocycles. The molecule has 0 heterocycles. The lowest BCUT2D eigenvalue weighted by Crippen LogP contribution is -2.38. The van der Waals surface area contributed by atoms with Crippen LogP contribution in [0.1, 0.15) is 24.0 Å². The quantitative estimate of drug-likeness (QED) is 0.369. The number of aliphatic imine (C=N–C) groups is 1. The van der Waals surface area contributed by atoms with E-state index < -0.39 is 0 Å². The Balaban J connectivity index is 0.00000180. The van der Waals surface area contributed by atoms with Crippen molar-refractivity contribution in [2.24, 2.45) is 4.99 Å². The minimum Gasteiger partial charge on any atom is -0.357 e. The molecule has 1 aromatic carbocycles. The maximum atomic E-state index is 5.23. The lowest BCUT2D eigenvalue weighted by atomic mass is 9.78. The van der Waals surface area contributed by atoms with Gasteiger partial charge in [0.1, 0.15) is 0 Å². The molecule has 0 amide bonds. The summed E-state index contributed by atoms with van der Waals surface area (Å²) in [5.41, 5.74) is 2.90. The Morgan fingerprint density at radius 1 is 1.42 bits per heavy atom. The second kappa shape index (κ2) is 8.05. The number of nitrogens with zero attached hydrogens (tertiary/aromatic N) is 1. The molecule has 4 heteroatoms. The van der Waals surface area contributed by atoms with E-state index in [9.17, 15) is 0 Å². The fraction of sp³-hybridized carbons (Fsp3) is 0.400. The van der Waals surface area contributed by atoms with Gasteiger partial charge in [0.15, 0.2) is 5.96 Å². The number of terminal acetylenes is 1. The summed E-state index contributed by atoms with van der Waals surface area (Å²) in [6.07, 6.45) is 6.37. The van der Waals surface area contributed by atoms with Crippen molar-refractivity contribution < 1.29 is 0 Å². The third-order valence-corrected chi connectivity index (χ3v) is 3.13. The van der Waals surface area contributed by atoms with Crippen molar-refractivity contribution in [3.63, 3.8) is 0 Å². The third kappa shape index (κ3) is 4.13. The third-order valence-electron chi connectivity index (χ3n) is 3.13. The Bertz CT molecular complexity index is 477. The molecule has 0 saturated carbocycles. The Morgan fingerprint density at radius 3 is 2.89 bits per heavy atom. The van der Waals surface area contributed by atoms with Crippen LogP contribution in [-0.4, -0.2) is 25.6 Å². The summed E-state index contributed by atoms with van der Waals surface area (Å²) in [6.45, 7) is 4.22. The van der Waals surface area contributed by atoms with Crippen LogP contribution in [0.3, 0.4) is 0 Å². The molecule has 19 heavy (non-hydrogen) atoms.